The number of ether oxygens (including phenoxy) is 1. The number of carbonyl (C=O) groups excluding carboxylic acids is 1. The van der Waals surface area contributed by atoms with Gasteiger partial charge < -0.3 is 15.2 Å². The molecule has 0 aliphatic carbocycles. The molecule has 0 aliphatic heterocycles. The van der Waals surface area contributed by atoms with Crippen LogP contribution in [0.4, 0.5) is 0 Å². The molecule has 1 aromatic carbocycles. The molecule has 0 bridgehead atoms. The maximum Gasteiger partial charge on any atom is 0.261 e. The lowest BCUT2D eigenvalue weighted by Crippen LogP contribution is -2.36. The van der Waals surface area contributed by atoms with E-state index in [1.807, 2.05) is 0 Å². The summed E-state index contributed by atoms with van der Waals surface area (Å²) in [6, 6.07) is 6.14. The third-order valence-corrected chi connectivity index (χ3v) is 1.88. The molecule has 2 N–H and O–H groups in total. The first-order valence-electron chi connectivity index (χ1n) is 4.80. The van der Waals surface area contributed by atoms with E-state index in [0.717, 1.165) is 0 Å². The number of hydrogen-bond acceptors (Lipinski definition) is 3. The molecule has 1 atom stereocenters. The van der Waals surface area contributed by atoms with E-state index in [1.165, 1.54) is 12.1 Å². The number of amides is 1. The van der Waals surface area contributed by atoms with E-state index in [4.69, 9.17) is 16.3 Å². The van der Waals surface area contributed by atoms with Crippen LogP contribution in [0.5, 0.6) is 11.5 Å². The van der Waals surface area contributed by atoms with Crippen LogP contribution >= 0.6 is 0 Å². The average Bonchev–Trinajstić information content (AvgIpc) is 2.29. The molecule has 0 saturated carbocycles. The van der Waals surface area contributed by atoms with Gasteiger partial charge in [-0.2, -0.15) is 0 Å². The Labute approximate surface area is 94.2 Å². The molecule has 4 heteroatoms. The van der Waals surface area contributed by atoms with E-state index in [2.05, 4.69) is 11.2 Å². The first-order chi connectivity index (χ1) is 7.63. The van der Waals surface area contributed by atoms with Crippen LogP contribution in [0.2, 0.25) is 0 Å². The number of carbonyl (C=O) groups is 1. The van der Waals surface area contributed by atoms with Gasteiger partial charge in [0.25, 0.3) is 5.91 Å². The summed E-state index contributed by atoms with van der Waals surface area (Å²) in [6.45, 7) is 1.81. The third kappa shape index (κ3) is 3.54. The Hall–Kier alpha value is -2.15. The highest BCUT2D eigenvalue weighted by molar-refractivity contribution is 5.80. The Morgan fingerprint density at radius 3 is 2.75 bits per heavy atom. The van der Waals surface area contributed by atoms with E-state index in [0.29, 0.717) is 5.75 Å². The van der Waals surface area contributed by atoms with Crippen LogP contribution < -0.4 is 10.1 Å². The summed E-state index contributed by atoms with van der Waals surface area (Å²) < 4.78 is 5.34. The second-order valence-electron chi connectivity index (χ2n) is 3.18. The van der Waals surface area contributed by atoms with Crippen molar-refractivity contribution in [2.45, 2.75) is 13.0 Å². The minimum absolute atomic E-state index is 0.150. The van der Waals surface area contributed by atoms with Crippen molar-refractivity contribution in [2.24, 2.45) is 0 Å². The minimum atomic E-state index is -0.627. The molecule has 4 nitrogen and oxygen atoms in total. The maximum absolute atomic E-state index is 11.4. The summed E-state index contributed by atoms with van der Waals surface area (Å²) in [6.07, 6.45) is 4.39. The normalized spacial score (nSPS) is 11.2. The first kappa shape index (κ1) is 11.9. The molecule has 0 aromatic heterocycles. The Balaban J connectivity index is 2.51. The molecule has 0 aliphatic rings. The fraction of sp³-hybridized carbons (Fsp3) is 0.250. The van der Waals surface area contributed by atoms with Crippen molar-refractivity contribution in [1.29, 1.82) is 0 Å². The van der Waals surface area contributed by atoms with Gasteiger partial charge in [-0.05, 0) is 31.2 Å². The number of benzene rings is 1. The van der Waals surface area contributed by atoms with E-state index < -0.39 is 6.10 Å². The summed E-state index contributed by atoms with van der Waals surface area (Å²) in [5.74, 6) is 2.70. The number of rotatable bonds is 4. The van der Waals surface area contributed by atoms with Gasteiger partial charge in [0.15, 0.2) is 6.10 Å². The third-order valence-electron chi connectivity index (χ3n) is 1.88. The van der Waals surface area contributed by atoms with Crippen LogP contribution in [-0.4, -0.2) is 23.7 Å². The minimum Gasteiger partial charge on any atom is -0.508 e. The van der Waals surface area contributed by atoms with Gasteiger partial charge in [0.1, 0.15) is 11.5 Å². The summed E-state index contributed by atoms with van der Waals surface area (Å²) >= 11 is 0. The lowest BCUT2D eigenvalue weighted by atomic mass is 10.3. The smallest absolute Gasteiger partial charge is 0.261 e. The van der Waals surface area contributed by atoms with Crippen LogP contribution in [0.3, 0.4) is 0 Å². The first-order valence-corrected chi connectivity index (χ1v) is 4.80. The molecule has 0 heterocycles. The monoisotopic (exact) mass is 219 g/mol. The molecule has 16 heavy (non-hydrogen) atoms. The Morgan fingerprint density at radius 1 is 1.56 bits per heavy atom. The molecule has 1 rings (SSSR count). The van der Waals surface area contributed by atoms with Gasteiger partial charge in [-0.1, -0.05) is 5.92 Å². The molecule has 1 amide bonds. The molecule has 0 spiro atoms. The maximum atomic E-state index is 11.4. The number of hydrogen-bond donors (Lipinski definition) is 2. The summed E-state index contributed by atoms with van der Waals surface area (Å²) in [5, 5.41) is 11.6. The van der Waals surface area contributed by atoms with Crippen LogP contribution in [0.15, 0.2) is 24.3 Å². The summed E-state index contributed by atoms with van der Waals surface area (Å²) in [4.78, 5) is 11.4. The Bertz CT molecular complexity index is 392. The van der Waals surface area contributed by atoms with E-state index >= 15 is 0 Å². The van der Waals surface area contributed by atoms with Gasteiger partial charge in [0.05, 0.1) is 6.54 Å². The number of terminal acetylenes is 1. The second kappa shape index (κ2) is 5.66. The quantitative estimate of drug-likeness (QED) is 0.740. The highest BCUT2D eigenvalue weighted by Gasteiger charge is 2.13. The van der Waals surface area contributed by atoms with Gasteiger partial charge in [-0.3, -0.25) is 4.79 Å². The molecule has 0 fully saturated rings. The molecule has 1 unspecified atom stereocenters. The molecule has 0 saturated heterocycles. The van der Waals surface area contributed by atoms with Crippen molar-refractivity contribution >= 4 is 5.91 Å². The van der Waals surface area contributed by atoms with Gasteiger partial charge >= 0.3 is 0 Å². The number of aromatic hydroxyl groups is 1. The SMILES string of the molecule is C#CCNC(=O)C(C)Oc1ccc(O)cc1. The molecular weight excluding hydrogens is 206 g/mol. The predicted octanol–water partition coefficient (Wildman–Crippen LogP) is 0.909. The van der Waals surface area contributed by atoms with Gasteiger partial charge in [-0.25, -0.2) is 0 Å². The number of phenols is 1. The number of phenolic OH excluding ortho intramolecular Hbond substituents is 1. The van der Waals surface area contributed by atoms with Crippen molar-refractivity contribution in [1.82, 2.24) is 5.32 Å². The second-order valence-corrected chi connectivity index (χ2v) is 3.18. The zero-order valence-electron chi connectivity index (χ0n) is 8.93. The van der Waals surface area contributed by atoms with Crippen molar-refractivity contribution in [3.05, 3.63) is 24.3 Å². The highest BCUT2D eigenvalue weighted by Crippen LogP contribution is 2.17. The lowest BCUT2D eigenvalue weighted by molar-refractivity contribution is -0.126. The van der Waals surface area contributed by atoms with Crippen molar-refractivity contribution in [3.8, 4) is 23.8 Å². The summed E-state index contributed by atoms with van der Waals surface area (Å²) in [7, 11) is 0. The topological polar surface area (TPSA) is 58.6 Å². The average molecular weight is 219 g/mol. The zero-order valence-corrected chi connectivity index (χ0v) is 8.93. The zero-order chi connectivity index (χ0) is 12.0. The predicted molar refractivity (Wildman–Crippen MR) is 60.0 cm³/mol. The number of nitrogens with one attached hydrogen (secondary N) is 1. The van der Waals surface area contributed by atoms with Crippen molar-refractivity contribution in [3.63, 3.8) is 0 Å². The van der Waals surface area contributed by atoms with Crippen molar-refractivity contribution in [2.75, 3.05) is 6.54 Å². The van der Waals surface area contributed by atoms with E-state index in [-0.39, 0.29) is 18.2 Å². The van der Waals surface area contributed by atoms with Crippen LogP contribution in [0, 0.1) is 12.3 Å². The van der Waals surface area contributed by atoms with Crippen LogP contribution in [0.25, 0.3) is 0 Å². The van der Waals surface area contributed by atoms with E-state index in [1.54, 1.807) is 19.1 Å². The van der Waals surface area contributed by atoms with Crippen LogP contribution in [-0.2, 0) is 4.79 Å². The molecule has 0 radical (unpaired) electrons. The standard InChI is InChI=1S/C12H13NO3/c1-3-8-13-12(15)9(2)16-11-6-4-10(14)5-7-11/h1,4-7,9,14H,8H2,2H3,(H,13,15). The molecule has 1 aromatic rings. The molecular formula is C12H13NO3. The Morgan fingerprint density at radius 2 is 2.19 bits per heavy atom. The fourth-order valence-corrected chi connectivity index (χ4v) is 1.06. The van der Waals surface area contributed by atoms with Crippen LogP contribution in [0.1, 0.15) is 6.92 Å². The lowest BCUT2D eigenvalue weighted by Gasteiger charge is -2.13. The largest absolute Gasteiger partial charge is 0.508 e. The van der Waals surface area contributed by atoms with Gasteiger partial charge in [-0.15, -0.1) is 6.42 Å². The van der Waals surface area contributed by atoms with Gasteiger partial charge in [0.2, 0.25) is 0 Å². The van der Waals surface area contributed by atoms with Gasteiger partial charge in [0, 0.05) is 0 Å². The van der Waals surface area contributed by atoms with Crippen molar-refractivity contribution < 1.29 is 14.6 Å². The summed E-state index contributed by atoms with van der Waals surface area (Å²) in [5.41, 5.74) is 0. The Kier molecular flexibility index (Phi) is 4.22. The fourth-order valence-electron chi connectivity index (χ4n) is 1.06. The van der Waals surface area contributed by atoms with E-state index in [9.17, 15) is 4.79 Å². The highest BCUT2D eigenvalue weighted by atomic mass is 16.5. The molecule has 84 valence electrons.